The zero-order chi connectivity index (χ0) is 13.4. The maximum absolute atomic E-state index is 11.7. The van der Waals surface area contributed by atoms with Gasteiger partial charge in [0.1, 0.15) is 5.15 Å². The third-order valence-electron chi connectivity index (χ3n) is 2.16. The van der Waals surface area contributed by atoms with Crippen molar-refractivity contribution in [2.75, 3.05) is 19.8 Å². The van der Waals surface area contributed by atoms with Gasteiger partial charge in [-0.25, -0.2) is 4.98 Å². The van der Waals surface area contributed by atoms with Crippen molar-refractivity contribution in [3.8, 4) is 0 Å². The number of carbonyl (C=O) groups excluding carboxylic acids is 1. The van der Waals surface area contributed by atoms with E-state index in [1.807, 2.05) is 0 Å². The summed E-state index contributed by atoms with van der Waals surface area (Å²) in [5.74, 6) is -0.212. The molecule has 100 valence electrons. The number of ether oxygens (including phenoxy) is 1. The number of hydrogen-bond donors (Lipinski definition) is 1. The van der Waals surface area contributed by atoms with Gasteiger partial charge in [0.05, 0.1) is 10.6 Å². The van der Waals surface area contributed by atoms with E-state index in [1.54, 1.807) is 0 Å². The van der Waals surface area contributed by atoms with Gasteiger partial charge in [0.25, 0.3) is 5.91 Å². The maximum Gasteiger partial charge on any atom is 0.252 e. The second-order valence-corrected chi connectivity index (χ2v) is 4.48. The number of nitrogens with zero attached hydrogens (tertiary/aromatic N) is 1. The van der Waals surface area contributed by atoms with Crippen LogP contribution in [0.1, 0.15) is 30.1 Å². The molecule has 18 heavy (non-hydrogen) atoms. The number of nitrogens with one attached hydrogen (secondary N) is 1. The molecule has 0 radical (unpaired) electrons. The number of halogens is 2. The Morgan fingerprint density at radius 3 is 2.89 bits per heavy atom. The number of aromatic nitrogens is 1. The van der Waals surface area contributed by atoms with Gasteiger partial charge in [-0.2, -0.15) is 0 Å². The highest BCUT2D eigenvalue weighted by atomic mass is 35.5. The minimum absolute atomic E-state index is 0.196. The summed E-state index contributed by atoms with van der Waals surface area (Å²) in [6, 6.07) is 1.50. The van der Waals surface area contributed by atoms with Crippen LogP contribution in [-0.4, -0.2) is 30.6 Å². The standard InChI is InChI=1S/C12H16Cl2N2O2/c1-2-5-18-6-3-4-15-12(17)9-7-10(13)11(14)16-8-9/h7-8H,2-6H2,1H3,(H,15,17). The van der Waals surface area contributed by atoms with Crippen LogP contribution in [0.3, 0.4) is 0 Å². The van der Waals surface area contributed by atoms with E-state index in [0.29, 0.717) is 18.7 Å². The van der Waals surface area contributed by atoms with E-state index in [4.69, 9.17) is 27.9 Å². The van der Waals surface area contributed by atoms with Crippen molar-refractivity contribution in [2.24, 2.45) is 0 Å². The topological polar surface area (TPSA) is 51.2 Å². The molecule has 0 atom stereocenters. The highest BCUT2D eigenvalue weighted by Gasteiger charge is 2.08. The highest BCUT2D eigenvalue weighted by molar-refractivity contribution is 6.41. The van der Waals surface area contributed by atoms with Crippen LogP contribution >= 0.6 is 23.2 Å². The molecule has 0 spiro atoms. The van der Waals surface area contributed by atoms with Gasteiger partial charge in [-0.05, 0) is 18.9 Å². The van der Waals surface area contributed by atoms with Gasteiger partial charge in [0.15, 0.2) is 0 Å². The average Bonchev–Trinajstić information content (AvgIpc) is 2.36. The molecule has 0 aliphatic carbocycles. The van der Waals surface area contributed by atoms with Crippen molar-refractivity contribution in [1.82, 2.24) is 10.3 Å². The highest BCUT2D eigenvalue weighted by Crippen LogP contribution is 2.19. The molecule has 0 fully saturated rings. The van der Waals surface area contributed by atoms with Gasteiger partial charge in [-0.3, -0.25) is 4.79 Å². The number of pyridine rings is 1. The number of amides is 1. The molecule has 0 aromatic carbocycles. The quantitative estimate of drug-likeness (QED) is 0.620. The van der Waals surface area contributed by atoms with Crippen molar-refractivity contribution < 1.29 is 9.53 Å². The number of rotatable bonds is 7. The molecule has 1 rings (SSSR count). The summed E-state index contributed by atoms with van der Waals surface area (Å²) in [5, 5.41) is 3.23. The van der Waals surface area contributed by atoms with Crippen molar-refractivity contribution in [3.05, 3.63) is 28.0 Å². The Kier molecular flexibility index (Phi) is 7.01. The molecule has 1 N–H and O–H groups in total. The summed E-state index contributed by atoms with van der Waals surface area (Å²) in [4.78, 5) is 15.5. The predicted molar refractivity (Wildman–Crippen MR) is 72.3 cm³/mol. The normalized spacial score (nSPS) is 10.4. The van der Waals surface area contributed by atoms with Crippen LogP contribution in [0.25, 0.3) is 0 Å². The lowest BCUT2D eigenvalue weighted by atomic mass is 10.2. The van der Waals surface area contributed by atoms with Gasteiger partial charge >= 0.3 is 0 Å². The summed E-state index contributed by atoms with van der Waals surface area (Å²) < 4.78 is 5.30. The Morgan fingerprint density at radius 1 is 1.44 bits per heavy atom. The smallest absolute Gasteiger partial charge is 0.252 e. The molecule has 1 aromatic heterocycles. The molecule has 1 aromatic rings. The summed E-state index contributed by atoms with van der Waals surface area (Å²) >= 11 is 11.5. The van der Waals surface area contributed by atoms with Crippen molar-refractivity contribution in [1.29, 1.82) is 0 Å². The SMILES string of the molecule is CCCOCCCNC(=O)c1cnc(Cl)c(Cl)c1. The molecule has 0 aliphatic rings. The Labute approximate surface area is 117 Å². The first-order valence-corrected chi connectivity index (χ1v) is 6.57. The third kappa shape index (κ3) is 5.21. The minimum Gasteiger partial charge on any atom is -0.381 e. The van der Waals surface area contributed by atoms with Crippen LogP contribution in [-0.2, 0) is 4.74 Å². The van der Waals surface area contributed by atoms with E-state index < -0.39 is 0 Å². The molecule has 4 nitrogen and oxygen atoms in total. The fraction of sp³-hybridized carbons (Fsp3) is 0.500. The first-order valence-electron chi connectivity index (χ1n) is 5.82. The van der Waals surface area contributed by atoms with Gasteiger partial charge in [-0.15, -0.1) is 0 Å². The number of hydrogen-bond acceptors (Lipinski definition) is 3. The van der Waals surface area contributed by atoms with Crippen LogP contribution in [0.5, 0.6) is 0 Å². The lowest BCUT2D eigenvalue weighted by Gasteiger charge is -2.06. The fourth-order valence-electron chi connectivity index (χ4n) is 1.27. The minimum atomic E-state index is -0.212. The largest absolute Gasteiger partial charge is 0.381 e. The van der Waals surface area contributed by atoms with Gasteiger partial charge in [0, 0.05) is 26.0 Å². The molecular weight excluding hydrogens is 275 g/mol. The molecule has 0 aliphatic heterocycles. The lowest BCUT2D eigenvalue weighted by Crippen LogP contribution is -2.25. The van der Waals surface area contributed by atoms with Crippen molar-refractivity contribution >= 4 is 29.1 Å². The van der Waals surface area contributed by atoms with Crippen molar-refractivity contribution in [3.63, 3.8) is 0 Å². The van der Waals surface area contributed by atoms with Crippen LogP contribution in [0.15, 0.2) is 12.3 Å². The molecule has 1 amide bonds. The fourth-order valence-corrected chi connectivity index (χ4v) is 1.54. The zero-order valence-electron chi connectivity index (χ0n) is 10.2. The van der Waals surface area contributed by atoms with Crippen LogP contribution in [0, 0.1) is 0 Å². The van der Waals surface area contributed by atoms with E-state index in [0.717, 1.165) is 19.4 Å². The molecule has 0 saturated carbocycles. The second-order valence-electron chi connectivity index (χ2n) is 3.72. The predicted octanol–water partition coefficient (Wildman–Crippen LogP) is 2.93. The monoisotopic (exact) mass is 290 g/mol. The van der Waals surface area contributed by atoms with E-state index >= 15 is 0 Å². The van der Waals surface area contributed by atoms with E-state index in [-0.39, 0.29) is 16.1 Å². The van der Waals surface area contributed by atoms with Gasteiger partial charge in [-0.1, -0.05) is 30.1 Å². The van der Waals surface area contributed by atoms with E-state index in [2.05, 4.69) is 17.2 Å². The molecule has 1 heterocycles. The molecule has 0 unspecified atom stereocenters. The van der Waals surface area contributed by atoms with Gasteiger partial charge in [0.2, 0.25) is 0 Å². The van der Waals surface area contributed by atoms with E-state index in [9.17, 15) is 4.79 Å². The number of carbonyl (C=O) groups is 1. The van der Waals surface area contributed by atoms with Crippen LogP contribution in [0.2, 0.25) is 10.2 Å². The van der Waals surface area contributed by atoms with Gasteiger partial charge < -0.3 is 10.1 Å². The summed E-state index contributed by atoms with van der Waals surface area (Å²) in [7, 11) is 0. The summed E-state index contributed by atoms with van der Waals surface area (Å²) in [6.07, 6.45) is 3.18. The Bertz CT molecular complexity index is 400. The lowest BCUT2D eigenvalue weighted by molar-refractivity contribution is 0.0941. The Hall–Kier alpha value is -0.840. The van der Waals surface area contributed by atoms with E-state index in [1.165, 1.54) is 12.3 Å². The summed E-state index contributed by atoms with van der Waals surface area (Å²) in [5.41, 5.74) is 0.402. The second kappa shape index (κ2) is 8.29. The van der Waals surface area contributed by atoms with Crippen LogP contribution < -0.4 is 5.32 Å². The first-order chi connectivity index (χ1) is 8.65. The maximum atomic E-state index is 11.7. The molecular formula is C12H16Cl2N2O2. The molecule has 0 bridgehead atoms. The average molecular weight is 291 g/mol. The Morgan fingerprint density at radius 2 is 2.22 bits per heavy atom. The van der Waals surface area contributed by atoms with Crippen molar-refractivity contribution in [2.45, 2.75) is 19.8 Å². The third-order valence-corrected chi connectivity index (χ3v) is 2.84. The molecule has 6 heteroatoms. The summed E-state index contributed by atoms with van der Waals surface area (Å²) in [6.45, 7) is 4.01. The first kappa shape index (κ1) is 15.2. The zero-order valence-corrected chi connectivity index (χ0v) is 11.7. The molecule has 0 saturated heterocycles. The van der Waals surface area contributed by atoms with Crippen LogP contribution in [0.4, 0.5) is 0 Å². The Balaban J connectivity index is 2.30.